The van der Waals surface area contributed by atoms with Crippen LogP contribution in [0.2, 0.25) is 0 Å². The molecule has 2 heterocycles. The average Bonchev–Trinajstić information content (AvgIpc) is 2.89. The van der Waals surface area contributed by atoms with Crippen molar-refractivity contribution in [2.24, 2.45) is 0 Å². The van der Waals surface area contributed by atoms with Crippen molar-refractivity contribution in [1.82, 2.24) is 19.9 Å². The van der Waals surface area contributed by atoms with Crippen LogP contribution < -0.4 is 4.74 Å². The Morgan fingerprint density at radius 2 is 2.00 bits per heavy atom. The smallest absolute Gasteiger partial charge is 0.180 e. The molecule has 0 aromatic carbocycles. The van der Waals surface area contributed by atoms with Crippen molar-refractivity contribution >= 4 is 0 Å². The second kappa shape index (κ2) is 7.00. The van der Waals surface area contributed by atoms with E-state index >= 15 is 0 Å². The fourth-order valence-corrected chi connectivity index (χ4v) is 1.91. The third-order valence-corrected chi connectivity index (χ3v) is 2.90. The Labute approximate surface area is 118 Å². The Morgan fingerprint density at radius 3 is 2.60 bits per heavy atom. The van der Waals surface area contributed by atoms with Crippen LogP contribution in [0, 0.1) is 0 Å². The topological polar surface area (TPSA) is 83.9 Å². The molecule has 0 unspecified atom stereocenters. The van der Waals surface area contributed by atoms with Gasteiger partial charge >= 0.3 is 0 Å². The van der Waals surface area contributed by atoms with E-state index in [9.17, 15) is 5.11 Å². The van der Waals surface area contributed by atoms with Gasteiger partial charge in [0.2, 0.25) is 0 Å². The molecule has 2 aromatic heterocycles. The Balaban J connectivity index is 2.23. The number of hydrogen-bond donors (Lipinski definition) is 2. The molecule has 0 saturated carbocycles. The highest BCUT2D eigenvalue weighted by Gasteiger charge is 2.14. The summed E-state index contributed by atoms with van der Waals surface area (Å²) < 4.78 is 5.31. The first kappa shape index (κ1) is 14.5. The normalized spacial score (nSPS) is 10.8. The molecular formula is C14H20N4O2. The summed E-state index contributed by atoms with van der Waals surface area (Å²) in [6.45, 7) is 4.51. The van der Waals surface area contributed by atoms with Gasteiger partial charge in [0.1, 0.15) is 11.5 Å². The van der Waals surface area contributed by atoms with Gasteiger partial charge in [0.05, 0.1) is 31.3 Å². The number of imidazole rings is 1. The number of hydrogen-bond acceptors (Lipinski definition) is 5. The minimum absolute atomic E-state index is 0.106. The Morgan fingerprint density at radius 1 is 1.25 bits per heavy atom. The SMILES string of the molecule is CCCCc1nc(-c2ncc(OCC)cn2)c(CO)[nH]1. The molecular weight excluding hydrogens is 256 g/mol. The molecule has 0 aliphatic heterocycles. The first-order chi connectivity index (χ1) is 9.78. The van der Waals surface area contributed by atoms with Gasteiger partial charge in [0.25, 0.3) is 0 Å². The first-order valence-corrected chi connectivity index (χ1v) is 6.92. The molecule has 2 N–H and O–H groups in total. The molecule has 6 nitrogen and oxygen atoms in total. The molecule has 0 aliphatic rings. The van der Waals surface area contributed by atoms with Crippen LogP contribution in [0.1, 0.15) is 38.2 Å². The number of aromatic nitrogens is 4. The van der Waals surface area contributed by atoms with Crippen molar-refractivity contribution in [3.8, 4) is 17.3 Å². The predicted octanol–water partition coefficient (Wildman–Crippen LogP) is 2.10. The molecule has 0 radical (unpaired) electrons. The minimum Gasteiger partial charge on any atom is -0.491 e. The van der Waals surface area contributed by atoms with Crippen molar-refractivity contribution in [1.29, 1.82) is 0 Å². The van der Waals surface area contributed by atoms with Gasteiger partial charge < -0.3 is 14.8 Å². The van der Waals surface area contributed by atoms with Crippen molar-refractivity contribution in [2.75, 3.05) is 6.61 Å². The fourth-order valence-electron chi connectivity index (χ4n) is 1.91. The minimum atomic E-state index is -0.106. The fraction of sp³-hybridized carbons (Fsp3) is 0.500. The number of aromatic amines is 1. The van der Waals surface area contributed by atoms with Crippen LogP contribution in [-0.2, 0) is 13.0 Å². The van der Waals surface area contributed by atoms with Gasteiger partial charge in [0, 0.05) is 6.42 Å². The first-order valence-electron chi connectivity index (χ1n) is 6.92. The number of unbranched alkanes of at least 4 members (excludes halogenated alkanes) is 1. The molecule has 20 heavy (non-hydrogen) atoms. The third kappa shape index (κ3) is 3.33. The van der Waals surface area contributed by atoms with Gasteiger partial charge in [-0.1, -0.05) is 13.3 Å². The molecule has 0 amide bonds. The van der Waals surface area contributed by atoms with E-state index in [0.717, 1.165) is 25.1 Å². The zero-order chi connectivity index (χ0) is 14.4. The number of aliphatic hydroxyl groups is 1. The Bertz CT molecular complexity index is 537. The number of H-pyrrole nitrogens is 1. The largest absolute Gasteiger partial charge is 0.491 e. The molecule has 108 valence electrons. The summed E-state index contributed by atoms with van der Waals surface area (Å²) in [4.78, 5) is 16.1. The molecule has 6 heteroatoms. The van der Waals surface area contributed by atoms with Gasteiger partial charge in [0.15, 0.2) is 11.6 Å². The van der Waals surface area contributed by atoms with Gasteiger partial charge in [-0.15, -0.1) is 0 Å². The van der Waals surface area contributed by atoms with E-state index in [0.29, 0.717) is 29.6 Å². The van der Waals surface area contributed by atoms with Crippen LogP contribution in [0.4, 0.5) is 0 Å². The zero-order valence-corrected chi connectivity index (χ0v) is 11.9. The lowest BCUT2D eigenvalue weighted by Crippen LogP contribution is -1.97. The highest BCUT2D eigenvalue weighted by atomic mass is 16.5. The highest BCUT2D eigenvalue weighted by molar-refractivity contribution is 5.53. The number of nitrogens with one attached hydrogen (secondary N) is 1. The third-order valence-electron chi connectivity index (χ3n) is 2.90. The monoisotopic (exact) mass is 276 g/mol. The van der Waals surface area contributed by atoms with Crippen LogP contribution in [0.3, 0.4) is 0 Å². The van der Waals surface area contributed by atoms with E-state index in [1.54, 1.807) is 12.4 Å². The van der Waals surface area contributed by atoms with Gasteiger partial charge in [-0.25, -0.2) is 15.0 Å². The van der Waals surface area contributed by atoms with Crippen molar-refractivity contribution < 1.29 is 9.84 Å². The molecule has 0 spiro atoms. The predicted molar refractivity (Wildman–Crippen MR) is 75.3 cm³/mol. The summed E-state index contributed by atoms with van der Waals surface area (Å²) in [5, 5.41) is 9.41. The van der Waals surface area contributed by atoms with Gasteiger partial charge in [-0.3, -0.25) is 0 Å². The standard InChI is InChI=1S/C14H20N4O2/c1-3-5-6-12-17-11(9-19)13(18-12)14-15-7-10(8-16-14)20-4-2/h7-8,19H,3-6,9H2,1-2H3,(H,17,18). The summed E-state index contributed by atoms with van der Waals surface area (Å²) in [7, 11) is 0. The Kier molecular flexibility index (Phi) is 5.06. The highest BCUT2D eigenvalue weighted by Crippen LogP contribution is 2.20. The van der Waals surface area contributed by atoms with E-state index in [-0.39, 0.29) is 6.61 Å². The molecule has 0 bridgehead atoms. The molecule has 0 fully saturated rings. The van der Waals surface area contributed by atoms with Crippen LogP contribution >= 0.6 is 0 Å². The second-order valence-corrected chi connectivity index (χ2v) is 4.45. The van der Waals surface area contributed by atoms with Crippen molar-refractivity contribution in [3.63, 3.8) is 0 Å². The van der Waals surface area contributed by atoms with E-state index in [1.807, 2.05) is 6.92 Å². The van der Waals surface area contributed by atoms with Crippen molar-refractivity contribution in [2.45, 2.75) is 39.7 Å². The quantitative estimate of drug-likeness (QED) is 0.809. The number of ether oxygens (including phenoxy) is 1. The van der Waals surface area contributed by atoms with Crippen LogP contribution in [0.15, 0.2) is 12.4 Å². The maximum atomic E-state index is 9.41. The summed E-state index contributed by atoms with van der Waals surface area (Å²) in [5.74, 6) is 1.99. The van der Waals surface area contributed by atoms with Crippen molar-refractivity contribution in [3.05, 3.63) is 23.9 Å². The maximum Gasteiger partial charge on any atom is 0.180 e. The lowest BCUT2D eigenvalue weighted by Gasteiger charge is -2.02. The summed E-state index contributed by atoms with van der Waals surface area (Å²) in [5.41, 5.74) is 1.27. The van der Waals surface area contributed by atoms with E-state index in [2.05, 4.69) is 26.9 Å². The van der Waals surface area contributed by atoms with Gasteiger partial charge in [-0.2, -0.15) is 0 Å². The molecule has 0 aliphatic carbocycles. The maximum absolute atomic E-state index is 9.41. The van der Waals surface area contributed by atoms with E-state index in [1.165, 1.54) is 0 Å². The molecule has 0 saturated heterocycles. The van der Waals surface area contributed by atoms with Gasteiger partial charge in [-0.05, 0) is 13.3 Å². The number of nitrogens with zero attached hydrogens (tertiary/aromatic N) is 3. The average molecular weight is 276 g/mol. The van der Waals surface area contributed by atoms with E-state index in [4.69, 9.17) is 4.74 Å². The van der Waals surface area contributed by atoms with Crippen LogP contribution in [0.5, 0.6) is 5.75 Å². The summed E-state index contributed by atoms with van der Waals surface area (Å²) in [6, 6.07) is 0. The lowest BCUT2D eigenvalue weighted by atomic mass is 10.2. The Hall–Kier alpha value is -1.95. The van der Waals surface area contributed by atoms with Crippen LogP contribution in [-0.4, -0.2) is 31.6 Å². The number of rotatable bonds is 7. The lowest BCUT2D eigenvalue weighted by molar-refractivity contribution is 0.277. The zero-order valence-electron chi connectivity index (χ0n) is 11.9. The number of aryl methyl sites for hydroxylation is 1. The summed E-state index contributed by atoms with van der Waals surface area (Å²) >= 11 is 0. The molecule has 2 aromatic rings. The number of aliphatic hydroxyl groups excluding tert-OH is 1. The summed E-state index contributed by atoms with van der Waals surface area (Å²) in [6.07, 6.45) is 6.26. The molecule has 2 rings (SSSR count). The van der Waals surface area contributed by atoms with E-state index < -0.39 is 0 Å². The second-order valence-electron chi connectivity index (χ2n) is 4.45. The molecule has 0 atom stereocenters. The van der Waals surface area contributed by atoms with Crippen LogP contribution in [0.25, 0.3) is 11.5 Å².